The summed E-state index contributed by atoms with van der Waals surface area (Å²) in [7, 11) is -2.96. The summed E-state index contributed by atoms with van der Waals surface area (Å²) in [5, 5.41) is 2.66. The molecule has 6 nitrogen and oxygen atoms in total. The third-order valence-electron chi connectivity index (χ3n) is 4.42. The predicted molar refractivity (Wildman–Crippen MR) is 98.7 cm³/mol. The van der Waals surface area contributed by atoms with Crippen LogP contribution in [0.4, 0.5) is 15.9 Å². The zero-order valence-corrected chi connectivity index (χ0v) is 15.2. The second kappa shape index (κ2) is 7.41. The van der Waals surface area contributed by atoms with Gasteiger partial charge in [0.15, 0.2) is 9.84 Å². The van der Waals surface area contributed by atoms with Crippen molar-refractivity contribution in [2.75, 3.05) is 28.3 Å². The Kier molecular flexibility index (Phi) is 5.22. The van der Waals surface area contributed by atoms with Crippen LogP contribution in [0.1, 0.15) is 23.7 Å². The average Bonchev–Trinajstić information content (AvgIpc) is 2.97. The van der Waals surface area contributed by atoms with Crippen molar-refractivity contribution in [2.24, 2.45) is 0 Å². The molecule has 1 saturated heterocycles. The van der Waals surface area contributed by atoms with E-state index in [-0.39, 0.29) is 23.5 Å². The Bertz CT molecular complexity index is 883. The molecule has 26 heavy (non-hydrogen) atoms. The van der Waals surface area contributed by atoms with Crippen LogP contribution in [0.3, 0.4) is 0 Å². The zero-order chi connectivity index (χ0) is 18.7. The minimum absolute atomic E-state index is 0.0496. The SMILES string of the molecule is CCN(c1ccc(NC(=O)c2ccc(F)cc2)nc1)C1CCS(=O)(=O)C1. The normalized spacial score (nSPS) is 18.5. The third-order valence-corrected chi connectivity index (χ3v) is 6.17. The molecule has 0 aliphatic carbocycles. The number of hydrogen-bond acceptors (Lipinski definition) is 5. The highest BCUT2D eigenvalue weighted by Gasteiger charge is 2.31. The summed E-state index contributed by atoms with van der Waals surface area (Å²) in [6.45, 7) is 2.64. The van der Waals surface area contributed by atoms with Crippen molar-refractivity contribution in [2.45, 2.75) is 19.4 Å². The van der Waals surface area contributed by atoms with Gasteiger partial charge < -0.3 is 10.2 Å². The molecule has 2 heterocycles. The van der Waals surface area contributed by atoms with Crippen LogP contribution in [0.15, 0.2) is 42.6 Å². The number of pyridine rings is 1. The van der Waals surface area contributed by atoms with Crippen LogP contribution in [0.25, 0.3) is 0 Å². The highest BCUT2D eigenvalue weighted by Crippen LogP contribution is 2.24. The lowest BCUT2D eigenvalue weighted by Crippen LogP contribution is -2.36. The Morgan fingerprint density at radius 3 is 2.54 bits per heavy atom. The number of nitrogens with one attached hydrogen (secondary N) is 1. The van der Waals surface area contributed by atoms with Crippen LogP contribution < -0.4 is 10.2 Å². The summed E-state index contributed by atoms with van der Waals surface area (Å²) in [6, 6.07) is 8.67. The monoisotopic (exact) mass is 377 g/mol. The molecule has 2 aromatic rings. The maximum Gasteiger partial charge on any atom is 0.256 e. The van der Waals surface area contributed by atoms with Gasteiger partial charge in [-0.25, -0.2) is 17.8 Å². The van der Waals surface area contributed by atoms with Gasteiger partial charge in [0.05, 0.1) is 23.4 Å². The van der Waals surface area contributed by atoms with Crippen LogP contribution in [-0.2, 0) is 9.84 Å². The first kappa shape index (κ1) is 18.3. The first-order valence-electron chi connectivity index (χ1n) is 8.38. The van der Waals surface area contributed by atoms with E-state index in [2.05, 4.69) is 10.3 Å². The summed E-state index contributed by atoms with van der Waals surface area (Å²) in [5.74, 6) is -0.0348. The summed E-state index contributed by atoms with van der Waals surface area (Å²) in [4.78, 5) is 18.4. The summed E-state index contributed by atoms with van der Waals surface area (Å²) in [5.41, 5.74) is 1.15. The number of nitrogens with zero attached hydrogens (tertiary/aromatic N) is 2. The molecule has 1 unspecified atom stereocenters. The maximum absolute atomic E-state index is 12.9. The van der Waals surface area contributed by atoms with Gasteiger partial charge in [0.2, 0.25) is 0 Å². The number of rotatable bonds is 5. The van der Waals surface area contributed by atoms with E-state index >= 15 is 0 Å². The van der Waals surface area contributed by atoms with E-state index in [1.165, 1.54) is 24.3 Å². The average molecular weight is 377 g/mol. The van der Waals surface area contributed by atoms with Crippen LogP contribution in [0.5, 0.6) is 0 Å². The van der Waals surface area contributed by atoms with Crippen LogP contribution in [-0.4, -0.2) is 43.4 Å². The number of sulfone groups is 1. The molecule has 0 bridgehead atoms. The number of halogens is 1. The molecule has 1 N–H and O–H groups in total. The third kappa shape index (κ3) is 4.19. The molecule has 0 saturated carbocycles. The first-order valence-corrected chi connectivity index (χ1v) is 10.2. The van der Waals surface area contributed by atoms with Gasteiger partial charge in [-0.2, -0.15) is 0 Å². The molecule has 1 aliphatic rings. The van der Waals surface area contributed by atoms with Gasteiger partial charge in [-0.05, 0) is 49.7 Å². The van der Waals surface area contributed by atoms with E-state index < -0.39 is 15.7 Å². The summed E-state index contributed by atoms with van der Waals surface area (Å²) >= 11 is 0. The molecular formula is C18H20FN3O3S. The summed E-state index contributed by atoms with van der Waals surface area (Å²) < 4.78 is 36.3. The van der Waals surface area contributed by atoms with Crippen molar-refractivity contribution < 1.29 is 17.6 Å². The number of amides is 1. The van der Waals surface area contributed by atoms with E-state index in [0.717, 1.165) is 5.69 Å². The molecule has 1 aromatic heterocycles. The number of carbonyl (C=O) groups is 1. The van der Waals surface area contributed by atoms with Crippen LogP contribution >= 0.6 is 0 Å². The van der Waals surface area contributed by atoms with Gasteiger partial charge in [-0.3, -0.25) is 4.79 Å². The number of aromatic nitrogens is 1. The molecule has 0 radical (unpaired) electrons. The highest BCUT2D eigenvalue weighted by atomic mass is 32.2. The first-order chi connectivity index (χ1) is 12.4. The Labute approximate surface area is 152 Å². The summed E-state index contributed by atoms with van der Waals surface area (Å²) in [6.07, 6.45) is 2.23. The molecular weight excluding hydrogens is 357 g/mol. The second-order valence-corrected chi connectivity index (χ2v) is 8.43. The number of anilines is 2. The minimum Gasteiger partial charge on any atom is -0.367 e. The molecule has 0 spiro atoms. The zero-order valence-electron chi connectivity index (χ0n) is 14.4. The number of benzene rings is 1. The van der Waals surface area contributed by atoms with Gasteiger partial charge in [0, 0.05) is 18.2 Å². The maximum atomic E-state index is 12.9. The van der Waals surface area contributed by atoms with Crippen molar-refractivity contribution in [1.82, 2.24) is 4.98 Å². The van der Waals surface area contributed by atoms with E-state index in [4.69, 9.17) is 0 Å². The fourth-order valence-corrected chi connectivity index (χ4v) is 4.82. The van der Waals surface area contributed by atoms with Gasteiger partial charge in [-0.1, -0.05) is 0 Å². The lowest BCUT2D eigenvalue weighted by molar-refractivity contribution is 0.102. The standard InChI is InChI=1S/C18H20FN3O3S/c1-2-22(16-9-10-26(24,25)12-16)15-7-8-17(20-11-15)21-18(23)13-3-5-14(19)6-4-13/h3-8,11,16H,2,9-10,12H2,1H3,(H,20,21,23). The topological polar surface area (TPSA) is 79.4 Å². The van der Waals surface area contributed by atoms with Crippen molar-refractivity contribution in [1.29, 1.82) is 0 Å². The lowest BCUT2D eigenvalue weighted by atomic mass is 10.2. The van der Waals surface area contributed by atoms with E-state index in [1.54, 1.807) is 12.3 Å². The molecule has 1 atom stereocenters. The predicted octanol–water partition coefficient (Wildman–Crippen LogP) is 2.49. The molecule has 1 amide bonds. The largest absolute Gasteiger partial charge is 0.367 e. The molecule has 8 heteroatoms. The van der Waals surface area contributed by atoms with Gasteiger partial charge >= 0.3 is 0 Å². The molecule has 1 fully saturated rings. The number of hydrogen-bond donors (Lipinski definition) is 1. The highest BCUT2D eigenvalue weighted by molar-refractivity contribution is 7.91. The van der Waals surface area contributed by atoms with Gasteiger partial charge in [0.25, 0.3) is 5.91 Å². The van der Waals surface area contributed by atoms with E-state index in [0.29, 0.717) is 24.3 Å². The smallest absolute Gasteiger partial charge is 0.256 e. The quantitative estimate of drug-likeness (QED) is 0.866. The minimum atomic E-state index is -2.96. The molecule has 1 aromatic carbocycles. The van der Waals surface area contributed by atoms with Crippen LogP contribution in [0.2, 0.25) is 0 Å². The Morgan fingerprint density at radius 2 is 2.00 bits per heavy atom. The van der Waals surface area contributed by atoms with Crippen molar-refractivity contribution in [3.05, 3.63) is 54.0 Å². The lowest BCUT2D eigenvalue weighted by Gasteiger charge is -2.28. The van der Waals surface area contributed by atoms with Crippen LogP contribution in [0, 0.1) is 5.82 Å². The Morgan fingerprint density at radius 1 is 1.27 bits per heavy atom. The van der Waals surface area contributed by atoms with Crippen molar-refractivity contribution in [3.8, 4) is 0 Å². The fourth-order valence-electron chi connectivity index (χ4n) is 3.09. The molecule has 1 aliphatic heterocycles. The van der Waals surface area contributed by atoms with E-state index in [9.17, 15) is 17.6 Å². The van der Waals surface area contributed by atoms with Gasteiger partial charge in [0.1, 0.15) is 11.6 Å². The van der Waals surface area contributed by atoms with E-state index in [1.807, 2.05) is 17.9 Å². The number of carbonyl (C=O) groups excluding carboxylic acids is 1. The fraction of sp³-hybridized carbons (Fsp3) is 0.333. The van der Waals surface area contributed by atoms with Crippen molar-refractivity contribution >= 4 is 27.2 Å². The van der Waals surface area contributed by atoms with Crippen molar-refractivity contribution in [3.63, 3.8) is 0 Å². The second-order valence-electron chi connectivity index (χ2n) is 6.21. The molecule has 3 rings (SSSR count). The Hall–Kier alpha value is -2.48. The van der Waals surface area contributed by atoms with Gasteiger partial charge in [-0.15, -0.1) is 0 Å². The Balaban J connectivity index is 1.69. The molecule has 138 valence electrons.